The van der Waals surface area contributed by atoms with Crippen LogP contribution in [0.1, 0.15) is 17.0 Å². The van der Waals surface area contributed by atoms with Crippen molar-refractivity contribution in [3.63, 3.8) is 0 Å². The van der Waals surface area contributed by atoms with Crippen LogP contribution >= 0.6 is 11.6 Å². The maximum atomic E-state index is 13.5. The largest absolute Gasteiger partial charge is 0.379 e. The maximum Gasteiger partial charge on any atom is 0.141 e. The van der Waals surface area contributed by atoms with Gasteiger partial charge in [0.2, 0.25) is 0 Å². The summed E-state index contributed by atoms with van der Waals surface area (Å²) in [5.41, 5.74) is 5.20. The Kier molecular flexibility index (Phi) is 5.25. The fraction of sp³-hybridized carbons (Fsp3) is 0.136. The molecule has 0 aliphatic carbocycles. The van der Waals surface area contributed by atoms with E-state index in [4.69, 9.17) is 11.6 Å². The highest BCUT2D eigenvalue weighted by atomic mass is 35.5. The lowest BCUT2D eigenvalue weighted by Crippen LogP contribution is -2.06. The predicted molar refractivity (Wildman–Crippen MR) is 116 cm³/mol. The third-order valence-corrected chi connectivity index (χ3v) is 5.19. The number of benzene rings is 2. The number of imidazole rings is 1. The number of rotatable bonds is 5. The van der Waals surface area contributed by atoms with E-state index in [0.29, 0.717) is 23.5 Å². The van der Waals surface area contributed by atoms with Gasteiger partial charge in [0, 0.05) is 30.0 Å². The molecule has 0 amide bonds. The van der Waals surface area contributed by atoms with E-state index in [9.17, 15) is 9.65 Å². The number of halogens is 2. The van der Waals surface area contributed by atoms with Gasteiger partial charge in [0.25, 0.3) is 0 Å². The molecule has 0 fully saturated rings. The van der Waals surface area contributed by atoms with Crippen molar-refractivity contribution < 1.29 is 4.39 Å². The van der Waals surface area contributed by atoms with E-state index >= 15 is 0 Å². The van der Waals surface area contributed by atoms with Crippen molar-refractivity contribution in [3.05, 3.63) is 76.7 Å². The van der Waals surface area contributed by atoms with E-state index in [1.165, 1.54) is 18.3 Å². The van der Waals surface area contributed by atoms with Gasteiger partial charge in [-0.05, 0) is 43.3 Å². The molecule has 8 heteroatoms. The first kappa shape index (κ1) is 19.7. The first-order valence-electron chi connectivity index (χ1n) is 9.22. The minimum atomic E-state index is -0.501. The molecule has 2 heterocycles. The van der Waals surface area contributed by atoms with Gasteiger partial charge in [0.1, 0.15) is 11.9 Å². The molecule has 2 N–H and O–H groups in total. The SMILES string of the molecule is Cc1ncn(C)c1CNc1ccc2ncc(C#N)c(Nc3ccc(F)c(Cl)c3)c2c1. The van der Waals surface area contributed by atoms with Crippen LogP contribution in [-0.4, -0.2) is 14.5 Å². The Hall–Kier alpha value is -3.63. The molecule has 0 aliphatic heterocycles. The van der Waals surface area contributed by atoms with E-state index in [1.54, 1.807) is 12.4 Å². The molecule has 0 radical (unpaired) electrons. The summed E-state index contributed by atoms with van der Waals surface area (Å²) in [7, 11) is 1.95. The average Bonchev–Trinajstić information content (AvgIpc) is 3.06. The molecule has 30 heavy (non-hydrogen) atoms. The van der Waals surface area contributed by atoms with E-state index in [-0.39, 0.29) is 5.02 Å². The summed E-state index contributed by atoms with van der Waals surface area (Å²) >= 11 is 5.90. The van der Waals surface area contributed by atoms with E-state index in [2.05, 4.69) is 26.7 Å². The summed E-state index contributed by atoms with van der Waals surface area (Å²) in [6, 6.07) is 12.3. The van der Waals surface area contributed by atoms with Crippen molar-refractivity contribution in [2.45, 2.75) is 13.5 Å². The second-order valence-electron chi connectivity index (χ2n) is 6.89. The Balaban J connectivity index is 1.71. The van der Waals surface area contributed by atoms with Crippen LogP contribution in [-0.2, 0) is 13.6 Å². The van der Waals surface area contributed by atoms with Crippen LogP contribution < -0.4 is 10.6 Å². The van der Waals surface area contributed by atoms with Gasteiger partial charge in [-0.2, -0.15) is 5.26 Å². The average molecular weight is 421 g/mol. The number of hydrogen-bond donors (Lipinski definition) is 2. The summed E-state index contributed by atoms with van der Waals surface area (Å²) in [4.78, 5) is 8.68. The van der Waals surface area contributed by atoms with Crippen molar-refractivity contribution in [3.8, 4) is 6.07 Å². The molecule has 0 aliphatic rings. The van der Waals surface area contributed by atoms with Gasteiger partial charge in [-0.25, -0.2) is 9.37 Å². The van der Waals surface area contributed by atoms with Crippen LogP contribution in [0, 0.1) is 24.1 Å². The van der Waals surface area contributed by atoms with Gasteiger partial charge in [-0.1, -0.05) is 11.6 Å². The molecule has 0 saturated heterocycles. The van der Waals surface area contributed by atoms with Crippen molar-refractivity contribution in [1.82, 2.24) is 14.5 Å². The van der Waals surface area contributed by atoms with E-state index in [0.717, 1.165) is 28.0 Å². The highest BCUT2D eigenvalue weighted by molar-refractivity contribution is 6.31. The summed E-state index contributed by atoms with van der Waals surface area (Å²) in [5, 5.41) is 16.9. The summed E-state index contributed by atoms with van der Waals surface area (Å²) in [6.07, 6.45) is 3.30. The minimum Gasteiger partial charge on any atom is -0.379 e. The summed E-state index contributed by atoms with van der Waals surface area (Å²) < 4.78 is 15.5. The molecule has 0 bridgehead atoms. The molecule has 0 unspecified atom stereocenters. The molecule has 2 aromatic carbocycles. The van der Waals surface area contributed by atoms with E-state index < -0.39 is 5.82 Å². The van der Waals surface area contributed by atoms with Crippen molar-refractivity contribution in [2.24, 2.45) is 7.05 Å². The third kappa shape index (κ3) is 3.78. The maximum absolute atomic E-state index is 13.5. The summed E-state index contributed by atoms with van der Waals surface area (Å²) in [5.74, 6) is -0.501. The standard InChI is InChI=1S/C22H18ClFN6/c1-13-21(30(2)12-28-13)11-26-15-4-6-20-17(7-15)22(14(9-25)10-27-20)29-16-3-5-19(24)18(23)8-16/h3-8,10,12,26H,11H2,1-2H3,(H,27,29). The van der Waals surface area contributed by atoms with Gasteiger partial charge in [-0.15, -0.1) is 0 Å². The van der Waals surface area contributed by atoms with Crippen LogP contribution in [0.25, 0.3) is 10.9 Å². The van der Waals surface area contributed by atoms with Gasteiger partial charge < -0.3 is 15.2 Å². The highest BCUT2D eigenvalue weighted by Gasteiger charge is 2.12. The topological polar surface area (TPSA) is 78.6 Å². The number of nitrogens with one attached hydrogen (secondary N) is 2. The third-order valence-electron chi connectivity index (χ3n) is 4.91. The minimum absolute atomic E-state index is 0.00534. The van der Waals surface area contributed by atoms with E-state index in [1.807, 2.05) is 36.7 Å². The lowest BCUT2D eigenvalue weighted by atomic mass is 10.1. The summed E-state index contributed by atoms with van der Waals surface area (Å²) in [6.45, 7) is 2.58. The molecule has 0 atom stereocenters. The van der Waals surface area contributed by atoms with Crippen molar-refractivity contribution in [1.29, 1.82) is 5.26 Å². The Morgan fingerprint density at radius 1 is 1.17 bits per heavy atom. The second-order valence-corrected chi connectivity index (χ2v) is 7.29. The number of anilines is 3. The predicted octanol–water partition coefficient (Wildman–Crippen LogP) is 5.30. The Labute approximate surface area is 178 Å². The number of aryl methyl sites for hydroxylation is 2. The highest BCUT2D eigenvalue weighted by Crippen LogP contribution is 2.32. The smallest absolute Gasteiger partial charge is 0.141 e. The zero-order valence-corrected chi connectivity index (χ0v) is 17.1. The van der Waals surface area contributed by atoms with Gasteiger partial charge in [0.15, 0.2) is 0 Å². The Morgan fingerprint density at radius 2 is 1.97 bits per heavy atom. The number of fused-ring (bicyclic) bond motifs is 1. The van der Waals surface area contributed by atoms with Crippen LogP contribution in [0.5, 0.6) is 0 Å². The Bertz CT molecular complexity index is 1270. The Morgan fingerprint density at radius 3 is 2.67 bits per heavy atom. The molecule has 6 nitrogen and oxygen atoms in total. The fourth-order valence-electron chi connectivity index (χ4n) is 3.25. The molecule has 4 rings (SSSR count). The lowest BCUT2D eigenvalue weighted by molar-refractivity contribution is 0.628. The molecule has 2 aromatic heterocycles. The van der Waals surface area contributed by atoms with Crippen LogP contribution in [0.15, 0.2) is 48.9 Å². The number of nitriles is 1. The van der Waals surface area contributed by atoms with Crippen LogP contribution in [0.4, 0.5) is 21.5 Å². The lowest BCUT2D eigenvalue weighted by Gasteiger charge is -2.14. The molecule has 0 saturated carbocycles. The van der Waals surface area contributed by atoms with Gasteiger partial charge >= 0.3 is 0 Å². The number of nitrogens with zero attached hydrogens (tertiary/aromatic N) is 4. The van der Waals surface area contributed by atoms with Crippen LogP contribution in [0.3, 0.4) is 0 Å². The number of pyridine rings is 1. The number of hydrogen-bond acceptors (Lipinski definition) is 5. The fourth-order valence-corrected chi connectivity index (χ4v) is 3.43. The van der Waals surface area contributed by atoms with Crippen LogP contribution in [0.2, 0.25) is 5.02 Å². The quantitative estimate of drug-likeness (QED) is 0.458. The van der Waals surface area contributed by atoms with Gasteiger partial charge in [0.05, 0.1) is 46.1 Å². The zero-order valence-electron chi connectivity index (χ0n) is 16.4. The number of aromatic nitrogens is 3. The molecule has 4 aromatic rings. The van der Waals surface area contributed by atoms with Crippen molar-refractivity contribution >= 4 is 39.6 Å². The monoisotopic (exact) mass is 420 g/mol. The molecular weight excluding hydrogens is 403 g/mol. The van der Waals surface area contributed by atoms with Gasteiger partial charge in [-0.3, -0.25) is 4.98 Å². The zero-order chi connectivity index (χ0) is 21.3. The van der Waals surface area contributed by atoms with Crippen molar-refractivity contribution in [2.75, 3.05) is 10.6 Å². The normalized spacial score (nSPS) is 10.8. The molecule has 150 valence electrons. The first-order valence-corrected chi connectivity index (χ1v) is 9.59. The second kappa shape index (κ2) is 8.01. The first-order chi connectivity index (χ1) is 14.5. The molecular formula is C22H18ClFN6. The molecule has 0 spiro atoms.